The zero-order chi connectivity index (χ0) is 20.4. The summed E-state index contributed by atoms with van der Waals surface area (Å²) in [7, 11) is 0.0707. The molecule has 0 bridgehead atoms. The van der Waals surface area contributed by atoms with E-state index in [1.165, 1.54) is 19.3 Å². The number of hydrogen-bond acceptors (Lipinski definition) is 7. The Balaban J connectivity index is 0.00000256. The van der Waals surface area contributed by atoms with Gasteiger partial charge < -0.3 is 20.5 Å². The molecule has 0 saturated heterocycles. The van der Waals surface area contributed by atoms with Gasteiger partial charge in [-0.25, -0.2) is 9.20 Å². The molecule has 1 aliphatic carbocycles. The minimum absolute atomic E-state index is 0. The number of benzene rings is 1. The number of nitrogens with one attached hydrogen (secondary N) is 2. The molecule has 2 heterocycles. The third-order valence-corrected chi connectivity index (χ3v) is 6.28. The van der Waals surface area contributed by atoms with E-state index in [4.69, 9.17) is 4.74 Å². The molecular formula is C21H26N4O4S. The maximum Gasteiger partial charge on any atom is 0.269 e. The van der Waals surface area contributed by atoms with Gasteiger partial charge in [-0.05, 0) is 37.1 Å². The van der Waals surface area contributed by atoms with Gasteiger partial charge in [-0.15, -0.1) is 0 Å². The van der Waals surface area contributed by atoms with Gasteiger partial charge in [-0.3, -0.25) is 9.78 Å². The molecule has 1 saturated carbocycles. The maximum atomic E-state index is 12.9. The number of amides is 1. The molecule has 160 valence electrons. The molecule has 1 aromatic carbocycles. The first-order valence-electron chi connectivity index (χ1n) is 9.50. The van der Waals surface area contributed by atoms with Crippen LogP contribution < -0.4 is 15.4 Å². The van der Waals surface area contributed by atoms with E-state index in [9.17, 15) is 14.1 Å². The Hall–Kier alpha value is -2.78. The van der Waals surface area contributed by atoms with Gasteiger partial charge in [0.1, 0.15) is 28.0 Å². The van der Waals surface area contributed by atoms with Crippen LogP contribution in [0.1, 0.15) is 43.6 Å². The third kappa shape index (κ3) is 4.52. The summed E-state index contributed by atoms with van der Waals surface area (Å²) in [5, 5.41) is 16.2. The number of carbonyl (C=O) groups excluding carboxylic acids is 1. The normalized spacial score (nSPS) is 22.3. The van der Waals surface area contributed by atoms with Crippen molar-refractivity contribution in [1.29, 1.82) is 0 Å². The SMILES string of the molecule is C.CNC(=O)c1cc(Oc2ccc3c(c2)S(=O)C(N[C@@H]2CCCC[C@H]2O)=N3)ccn1. The smallest absolute Gasteiger partial charge is 0.269 e. The molecule has 1 unspecified atom stereocenters. The van der Waals surface area contributed by atoms with Crippen LogP contribution in [0, 0.1) is 0 Å². The summed E-state index contributed by atoms with van der Waals surface area (Å²) in [6, 6.07) is 8.21. The Morgan fingerprint density at radius 2 is 1.97 bits per heavy atom. The summed E-state index contributed by atoms with van der Waals surface area (Å²) in [5.41, 5.74) is 0.861. The Labute approximate surface area is 178 Å². The summed E-state index contributed by atoms with van der Waals surface area (Å²) < 4.78 is 18.7. The number of aliphatic imine (C=N–C) groups is 1. The number of amidine groups is 1. The van der Waals surface area contributed by atoms with Crippen molar-refractivity contribution in [3.8, 4) is 11.5 Å². The molecule has 1 aromatic heterocycles. The fourth-order valence-corrected chi connectivity index (χ4v) is 4.62. The van der Waals surface area contributed by atoms with Crippen molar-refractivity contribution in [2.75, 3.05) is 7.05 Å². The number of pyridine rings is 1. The molecule has 1 aliphatic heterocycles. The summed E-state index contributed by atoms with van der Waals surface area (Å²) in [5.74, 6) is 0.631. The van der Waals surface area contributed by atoms with Crippen LogP contribution in [-0.2, 0) is 10.8 Å². The van der Waals surface area contributed by atoms with Crippen molar-refractivity contribution in [1.82, 2.24) is 15.6 Å². The maximum absolute atomic E-state index is 12.9. The highest BCUT2D eigenvalue weighted by Crippen LogP contribution is 2.35. The van der Waals surface area contributed by atoms with Crippen molar-refractivity contribution in [2.24, 2.45) is 4.99 Å². The molecule has 4 rings (SSSR count). The molecule has 1 amide bonds. The molecule has 0 radical (unpaired) electrons. The number of fused-ring (bicyclic) bond motifs is 1. The predicted molar refractivity (Wildman–Crippen MR) is 116 cm³/mol. The first-order chi connectivity index (χ1) is 14.0. The number of rotatable bonds is 4. The molecular weight excluding hydrogens is 404 g/mol. The average molecular weight is 431 g/mol. The lowest BCUT2D eigenvalue weighted by molar-refractivity contribution is 0.0957. The standard InChI is InChI=1S/C20H22N4O4S.CH4/c1-21-19(26)16-10-13(8-9-22-16)28-12-6-7-15-18(11-12)29(27)20(24-15)23-14-4-2-3-5-17(14)25;/h6-11,14,17,25H,2-5H2,1H3,(H,21,26)(H,23,24);1H4/t14-,17-,29?;/m1./s1. The predicted octanol–water partition coefficient (Wildman–Crippen LogP) is 2.87. The number of aromatic nitrogens is 1. The molecule has 30 heavy (non-hydrogen) atoms. The minimum Gasteiger partial charge on any atom is -0.457 e. The first kappa shape index (κ1) is 21.9. The van der Waals surface area contributed by atoms with Crippen LogP contribution in [0.4, 0.5) is 5.69 Å². The lowest BCUT2D eigenvalue weighted by atomic mass is 9.93. The monoisotopic (exact) mass is 430 g/mol. The Kier molecular flexibility index (Phi) is 6.84. The molecule has 8 nitrogen and oxygen atoms in total. The third-order valence-electron chi connectivity index (χ3n) is 4.99. The van der Waals surface area contributed by atoms with E-state index in [1.807, 2.05) is 0 Å². The largest absolute Gasteiger partial charge is 0.457 e. The van der Waals surface area contributed by atoms with E-state index < -0.39 is 16.9 Å². The van der Waals surface area contributed by atoms with Crippen LogP contribution in [0.5, 0.6) is 11.5 Å². The summed E-state index contributed by atoms with van der Waals surface area (Å²) in [4.78, 5) is 20.7. The minimum atomic E-state index is -1.46. The average Bonchev–Trinajstić information content (AvgIpc) is 3.04. The summed E-state index contributed by atoms with van der Waals surface area (Å²) in [6.07, 6.45) is 4.65. The second-order valence-corrected chi connectivity index (χ2v) is 8.34. The molecule has 2 aliphatic rings. The van der Waals surface area contributed by atoms with Crippen molar-refractivity contribution < 1.29 is 18.8 Å². The topological polar surface area (TPSA) is 113 Å². The van der Waals surface area contributed by atoms with E-state index >= 15 is 0 Å². The van der Waals surface area contributed by atoms with Crippen LogP contribution in [0.15, 0.2) is 46.4 Å². The fraction of sp³-hybridized carbons (Fsp3) is 0.381. The van der Waals surface area contributed by atoms with Gasteiger partial charge in [0.05, 0.1) is 22.7 Å². The van der Waals surface area contributed by atoms with E-state index in [1.54, 1.807) is 24.3 Å². The first-order valence-corrected chi connectivity index (χ1v) is 10.7. The molecule has 3 atom stereocenters. The van der Waals surface area contributed by atoms with Crippen LogP contribution in [0.3, 0.4) is 0 Å². The second-order valence-electron chi connectivity index (χ2n) is 6.98. The van der Waals surface area contributed by atoms with E-state index in [2.05, 4.69) is 20.6 Å². The highest BCUT2D eigenvalue weighted by molar-refractivity contribution is 8.01. The quantitative estimate of drug-likeness (QED) is 0.687. The van der Waals surface area contributed by atoms with E-state index in [0.29, 0.717) is 27.2 Å². The molecule has 9 heteroatoms. The Morgan fingerprint density at radius 1 is 1.20 bits per heavy atom. The van der Waals surface area contributed by atoms with E-state index in [0.717, 1.165) is 25.7 Å². The Morgan fingerprint density at radius 3 is 2.73 bits per heavy atom. The van der Waals surface area contributed by atoms with Crippen molar-refractivity contribution in [3.63, 3.8) is 0 Å². The fourth-order valence-electron chi connectivity index (χ4n) is 3.44. The summed E-state index contributed by atoms with van der Waals surface area (Å²) >= 11 is 0. The number of hydrogen-bond donors (Lipinski definition) is 3. The molecule has 0 spiro atoms. The molecule has 1 fully saturated rings. The highest BCUT2D eigenvalue weighted by atomic mass is 32.2. The van der Waals surface area contributed by atoms with Crippen LogP contribution in [0.2, 0.25) is 0 Å². The van der Waals surface area contributed by atoms with Gasteiger partial charge in [0.25, 0.3) is 5.91 Å². The molecule has 2 aromatic rings. The van der Waals surface area contributed by atoms with Gasteiger partial charge >= 0.3 is 0 Å². The number of ether oxygens (including phenoxy) is 1. The number of carbonyl (C=O) groups is 1. The number of nitrogens with zero attached hydrogens (tertiary/aromatic N) is 2. The van der Waals surface area contributed by atoms with Crippen LogP contribution in [-0.4, -0.2) is 44.6 Å². The van der Waals surface area contributed by atoms with Gasteiger partial charge in [-0.1, -0.05) is 20.3 Å². The van der Waals surface area contributed by atoms with Crippen LogP contribution in [0.25, 0.3) is 0 Å². The van der Waals surface area contributed by atoms with Gasteiger partial charge in [0, 0.05) is 19.3 Å². The highest BCUT2D eigenvalue weighted by Gasteiger charge is 2.30. The van der Waals surface area contributed by atoms with Gasteiger partial charge in [-0.2, -0.15) is 0 Å². The van der Waals surface area contributed by atoms with E-state index in [-0.39, 0.29) is 25.1 Å². The number of aliphatic hydroxyl groups excluding tert-OH is 1. The lowest BCUT2D eigenvalue weighted by Gasteiger charge is -2.28. The molecule has 3 N–H and O–H groups in total. The lowest BCUT2D eigenvalue weighted by Crippen LogP contribution is -2.45. The second kappa shape index (κ2) is 9.36. The Bertz CT molecular complexity index is 995. The van der Waals surface area contributed by atoms with Crippen molar-refractivity contribution in [3.05, 3.63) is 42.2 Å². The summed E-state index contributed by atoms with van der Waals surface area (Å²) in [6.45, 7) is 0. The van der Waals surface area contributed by atoms with Crippen molar-refractivity contribution in [2.45, 2.75) is 50.2 Å². The zero-order valence-electron chi connectivity index (χ0n) is 15.9. The number of aliphatic hydroxyl groups is 1. The van der Waals surface area contributed by atoms with Gasteiger partial charge in [0.15, 0.2) is 5.17 Å². The van der Waals surface area contributed by atoms with Crippen molar-refractivity contribution >= 4 is 27.6 Å². The zero-order valence-corrected chi connectivity index (χ0v) is 16.7. The van der Waals surface area contributed by atoms with Crippen LogP contribution >= 0.6 is 0 Å². The van der Waals surface area contributed by atoms with Gasteiger partial charge in [0.2, 0.25) is 0 Å².